The molecule has 4 rings (SSSR count). The van der Waals surface area contributed by atoms with Gasteiger partial charge in [0, 0.05) is 32.7 Å². The molecular formula is C25H18Cl4N4O2S. The molecule has 0 unspecified atom stereocenters. The first kappa shape index (κ1) is 26.3. The second-order valence-corrected chi connectivity index (χ2v) is 10.2. The standard InChI is InChI=1S/C25H18Cl4N4O2S/c26-15-5-7-18(8-6-15)36-21-4-2-1-3-14(21)13-30-20-10-16(9-19(27)24(20)34)31-25(35)32-17-11-22(28)33-23(29)12-17/h1-12,30,34H,13H2,(H2,31,32,33,35). The van der Waals surface area contributed by atoms with Crippen LogP contribution in [0.1, 0.15) is 5.56 Å². The molecule has 0 fully saturated rings. The van der Waals surface area contributed by atoms with Crippen molar-refractivity contribution in [1.82, 2.24) is 4.98 Å². The van der Waals surface area contributed by atoms with Crippen molar-refractivity contribution in [3.05, 3.63) is 98.7 Å². The van der Waals surface area contributed by atoms with Crippen molar-refractivity contribution in [2.75, 3.05) is 16.0 Å². The van der Waals surface area contributed by atoms with E-state index in [4.69, 9.17) is 46.4 Å². The Balaban J connectivity index is 1.46. The summed E-state index contributed by atoms with van der Waals surface area (Å²) in [7, 11) is 0. The zero-order chi connectivity index (χ0) is 25.7. The number of urea groups is 1. The maximum absolute atomic E-state index is 12.5. The van der Waals surface area contributed by atoms with Crippen LogP contribution >= 0.6 is 58.2 Å². The van der Waals surface area contributed by atoms with Gasteiger partial charge in [-0.1, -0.05) is 76.4 Å². The molecule has 4 N–H and O–H groups in total. The van der Waals surface area contributed by atoms with Gasteiger partial charge in [-0.25, -0.2) is 9.78 Å². The quantitative estimate of drug-likeness (QED) is 0.0998. The zero-order valence-corrected chi connectivity index (χ0v) is 22.2. The first-order chi connectivity index (χ1) is 17.3. The molecule has 0 aliphatic carbocycles. The lowest BCUT2D eigenvalue weighted by Gasteiger charge is -2.15. The molecule has 11 heteroatoms. The molecule has 0 bridgehead atoms. The third-order valence-electron chi connectivity index (χ3n) is 4.83. The number of phenols is 1. The molecule has 4 aromatic rings. The van der Waals surface area contributed by atoms with Gasteiger partial charge in [0.2, 0.25) is 0 Å². The number of benzene rings is 3. The van der Waals surface area contributed by atoms with Gasteiger partial charge in [-0.05, 0) is 60.2 Å². The van der Waals surface area contributed by atoms with Crippen LogP contribution in [0.4, 0.5) is 21.9 Å². The molecule has 0 saturated heterocycles. The summed E-state index contributed by atoms with van der Waals surface area (Å²) < 4.78 is 0. The van der Waals surface area contributed by atoms with Crippen LogP contribution < -0.4 is 16.0 Å². The lowest BCUT2D eigenvalue weighted by molar-refractivity contribution is 0.262. The Bertz CT molecular complexity index is 1380. The average molecular weight is 580 g/mol. The molecule has 0 spiro atoms. The number of anilines is 3. The van der Waals surface area contributed by atoms with Gasteiger partial charge in [0.15, 0.2) is 5.75 Å². The minimum atomic E-state index is -0.550. The van der Waals surface area contributed by atoms with E-state index in [9.17, 15) is 9.90 Å². The largest absolute Gasteiger partial charge is 0.504 e. The predicted molar refractivity (Wildman–Crippen MR) is 149 cm³/mol. The maximum Gasteiger partial charge on any atom is 0.323 e. The molecule has 0 atom stereocenters. The minimum Gasteiger partial charge on any atom is -0.504 e. The van der Waals surface area contributed by atoms with Gasteiger partial charge >= 0.3 is 6.03 Å². The maximum atomic E-state index is 12.5. The number of amides is 2. The normalized spacial score (nSPS) is 10.7. The molecule has 3 aromatic carbocycles. The smallest absolute Gasteiger partial charge is 0.323 e. The van der Waals surface area contributed by atoms with E-state index in [0.717, 1.165) is 15.4 Å². The van der Waals surface area contributed by atoms with Crippen LogP contribution in [0.25, 0.3) is 0 Å². The highest BCUT2D eigenvalue weighted by Gasteiger charge is 2.13. The SMILES string of the molecule is O=C(Nc1cc(Cl)nc(Cl)c1)Nc1cc(Cl)c(O)c(NCc2ccccc2Sc2ccc(Cl)cc2)c1. The third kappa shape index (κ3) is 7.12. The molecule has 36 heavy (non-hydrogen) atoms. The Morgan fingerprint density at radius 3 is 2.19 bits per heavy atom. The summed E-state index contributed by atoms with van der Waals surface area (Å²) in [4.78, 5) is 18.4. The number of carbonyl (C=O) groups excluding carboxylic acids is 1. The molecule has 2 amide bonds. The molecule has 6 nitrogen and oxygen atoms in total. The van der Waals surface area contributed by atoms with E-state index in [2.05, 4.69) is 20.9 Å². The summed E-state index contributed by atoms with van der Waals surface area (Å²) in [6.45, 7) is 0.407. The van der Waals surface area contributed by atoms with Crippen LogP contribution in [0.2, 0.25) is 20.4 Å². The molecule has 0 radical (unpaired) electrons. The molecule has 184 valence electrons. The number of nitrogens with one attached hydrogen (secondary N) is 3. The second-order valence-electron chi connectivity index (χ2n) is 7.45. The topological polar surface area (TPSA) is 86.3 Å². The van der Waals surface area contributed by atoms with Gasteiger partial charge in [-0.3, -0.25) is 0 Å². The van der Waals surface area contributed by atoms with E-state index in [-0.39, 0.29) is 21.1 Å². The van der Waals surface area contributed by atoms with Crippen molar-refractivity contribution in [2.45, 2.75) is 16.3 Å². The molecule has 0 aliphatic rings. The summed E-state index contributed by atoms with van der Waals surface area (Å²) >= 11 is 25.6. The zero-order valence-electron chi connectivity index (χ0n) is 18.4. The fourth-order valence-corrected chi connectivity index (χ4v) is 4.96. The Kier molecular flexibility index (Phi) is 8.72. The van der Waals surface area contributed by atoms with Gasteiger partial charge in [0.25, 0.3) is 0 Å². The van der Waals surface area contributed by atoms with Crippen molar-refractivity contribution in [1.29, 1.82) is 0 Å². The highest BCUT2D eigenvalue weighted by molar-refractivity contribution is 7.99. The van der Waals surface area contributed by atoms with Crippen molar-refractivity contribution in [3.8, 4) is 5.75 Å². The fourth-order valence-electron chi connectivity index (χ4n) is 3.21. The minimum absolute atomic E-state index is 0.0779. The number of pyridine rings is 1. The first-order valence-corrected chi connectivity index (χ1v) is 12.8. The summed E-state index contributed by atoms with van der Waals surface area (Å²) in [6.07, 6.45) is 0. The first-order valence-electron chi connectivity index (χ1n) is 10.5. The number of aromatic hydroxyl groups is 1. The van der Waals surface area contributed by atoms with Crippen LogP contribution in [0, 0.1) is 0 Å². The average Bonchev–Trinajstić information content (AvgIpc) is 2.82. The van der Waals surface area contributed by atoms with E-state index in [0.29, 0.717) is 28.6 Å². The van der Waals surface area contributed by atoms with Crippen molar-refractivity contribution in [2.24, 2.45) is 0 Å². The molecular weight excluding hydrogens is 562 g/mol. The monoisotopic (exact) mass is 578 g/mol. The van der Waals surface area contributed by atoms with Crippen LogP contribution in [0.3, 0.4) is 0 Å². The number of hydrogen-bond acceptors (Lipinski definition) is 5. The Morgan fingerprint density at radius 1 is 0.861 bits per heavy atom. The van der Waals surface area contributed by atoms with Crippen LogP contribution in [0.15, 0.2) is 82.6 Å². The van der Waals surface area contributed by atoms with E-state index in [1.165, 1.54) is 18.2 Å². The lowest BCUT2D eigenvalue weighted by atomic mass is 10.2. The van der Waals surface area contributed by atoms with Crippen LogP contribution in [0.5, 0.6) is 5.75 Å². The molecule has 0 saturated carbocycles. The van der Waals surface area contributed by atoms with Gasteiger partial charge in [-0.2, -0.15) is 0 Å². The van der Waals surface area contributed by atoms with E-state index in [1.54, 1.807) is 17.8 Å². The Morgan fingerprint density at radius 2 is 1.50 bits per heavy atom. The fraction of sp³-hybridized carbons (Fsp3) is 0.0400. The highest BCUT2D eigenvalue weighted by Crippen LogP contribution is 2.37. The number of hydrogen-bond donors (Lipinski definition) is 4. The van der Waals surface area contributed by atoms with Gasteiger partial charge in [0.05, 0.1) is 10.7 Å². The van der Waals surface area contributed by atoms with E-state index >= 15 is 0 Å². The summed E-state index contributed by atoms with van der Waals surface area (Å²) in [6, 6.07) is 20.9. The molecule has 0 aliphatic heterocycles. The summed E-state index contributed by atoms with van der Waals surface area (Å²) in [5.41, 5.74) is 2.11. The van der Waals surface area contributed by atoms with Gasteiger partial charge in [0.1, 0.15) is 10.3 Å². The number of halogens is 4. The van der Waals surface area contributed by atoms with E-state index in [1.807, 2.05) is 48.5 Å². The number of carbonyl (C=O) groups is 1. The van der Waals surface area contributed by atoms with Crippen molar-refractivity contribution < 1.29 is 9.90 Å². The highest BCUT2D eigenvalue weighted by atomic mass is 35.5. The molecule has 1 heterocycles. The number of rotatable bonds is 7. The number of phenolic OH excluding ortho intramolecular Hbond substituents is 1. The Hall–Kier alpha value is -2.81. The lowest BCUT2D eigenvalue weighted by Crippen LogP contribution is -2.19. The van der Waals surface area contributed by atoms with E-state index < -0.39 is 6.03 Å². The predicted octanol–water partition coefficient (Wildman–Crippen LogP) is 8.81. The van der Waals surface area contributed by atoms with Gasteiger partial charge < -0.3 is 21.1 Å². The van der Waals surface area contributed by atoms with Crippen LogP contribution in [-0.4, -0.2) is 16.1 Å². The summed E-state index contributed by atoms with van der Waals surface area (Å²) in [5.74, 6) is -0.127. The number of aromatic nitrogens is 1. The third-order valence-corrected chi connectivity index (χ3v) is 6.88. The second kappa shape index (κ2) is 12.0. The van der Waals surface area contributed by atoms with Crippen molar-refractivity contribution >= 4 is 81.3 Å². The van der Waals surface area contributed by atoms with Gasteiger partial charge in [-0.15, -0.1) is 0 Å². The number of nitrogens with zero attached hydrogens (tertiary/aromatic N) is 1. The van der Waals surface area contributed by atoms with Crippen LogP contribution in [-0.2, 0) is 6.54 Å². The molecule has 1 aromatic heterocycles. The Labute approximate surface area is 231 Å². The van der Waals surface area contributed by atoms with Crippen molar-refractivity contribution in [3.63, 3.8) is 0 Å². The summed E-state index contributed by atoms with van der Waals surface area (Å²) in [5, 5.41) is 20.0.